The van der Waals surface area contributed by atoms with Gasteiger partial charge in [-0.1, -0.05) is 13.8 Å². The van der Waals surface area contributed by atoms with Gasteiger partial charge in [-0.25, -0.2) is 4.98 Å². The van der Waals surface area contributed by atoms with Gasteiger partial charge < -0.3 is 14.9 Å². The molecule has 0 amide bonds. The van der Waals surface area contributed by atoms with Crippen LogP contribution < -0.4 is 4.90 Å². The third-order valence-electron chi connectivity index (χ3n) is 4.03. The summed E-state index contributed by atoms with van der Waals surface area (Å²) in [6.07, 6.45) is 2.18. The Bertz CT molecular complexity index is 414. The molecule has 0 bridgehead atoms. The Hall–Kier alpha value is -1.13. The summed E-state index contributed by atoms with van der Waals surface area (Å²) in [6.45, 7) is 11.7. The third kappa shape index (κ3) is 3.25. The average molecular weight is 263 g/mol. The maximum atomic E-state index is 9.92. The van der Waals surface area contributed by atoms with Crippen LogP contribution in [0.15, 0.2) is 12.3 Å². The summed E-state index contributed by atoms with van der Waals surface area (Å²) in [7, 11) is 0. The lowest BCUT2D eigenvalue weighted by molar-refractivity contribution is 0.172. The molecule has 0 radical (unpaired) electrons. The molecule has 4 heteroatoms. The molecule has 1 aromatic heterocycles. The fourth-order valence-electron chi connectivity index (χ4n) is 2.59. The van der Waals surface area contributed by atoms with E-state index in [1.54, 1.807) is 0 Å². The Morgan fingerprint density at radius 1 is 1.26 bits per heavy atom. The lowest BCUT2D eigenvalue weighted by Crippen LogP contribution is -2.46. The predicted octanol–water partition coefficient (Wildman–Crippen LogP) is 1.98. The molecule has 1 aromatic rings. The van der Waals surface area contributed by atoms with Gasteiger partial charge in [0.25, 0.3) is 0 Å². The van der Waals surface area contributed by atoms with E-state index in [0.29, 0.717) is 0 Å². The van der Waals surface area contributed by atoms with E-state index in [4.69, 9.17) is 0 Å². The standard InChI is InChI=1S/C15H25N3O/c1-4-14(19)13-11-16-15(10-12(13)3)18-8-6-17(5-2)7-9-18/h10-11,14,19H,4-9H2,1-3H3/t14-/m0/s1. The number of aliphatic hydroxyl groups is 1. The highest BCUT2D eigenvalue weighted by molar-refractivity contribution is 5.44. The number of aliphatic hydroxyl groups excluding tert-OH is 1. The van der Waals surface area contributed by atoms with E-state index in [1.807, 2.05) is 13.1 Å². The van der Waals surface area contributed by atoms with Crippen LogP contribution in [0, 0.1) is 6.92 Å². The van der Waals surface area contributed by atoms with Gasteiger partial charge in [0.2, 0.25) is 0 Å². The molecule has 2 heterocycles. The Balaban J connectivity index is 2.08. The van der Waals surface area contributed by atoms with Crippen LogP contribution >= 0.6 is 0 Å². The highest BCUT2D eigenvalue weighted by Crippen LogP contribution is 2.23. The fraction of sp³-hybridized carbons (Fsp3) is 0.667. The minimum Gasteiger partial charge on any atom is -0.388 e. The molecule has 19 heavy (non-hydrogen) atoms. The summed E-state index contributed by atoms with van der Waals surface area (Å²) in [6, 6.07) is 2.11. The van der Waals surface area contributed by atoms with Crippen molar-refractivity contribution in [2.24, 2.45) is 0 Å². The molecule has 1 aliphatic rings. The Kier molecular flexibility index (Phi) is 4.77. The minimum absolute atomic E-state index is 0.390. The van der Waals surface area contributed by atoms with Crippen LogP contribution in [-0.4, -0.2) is 47.7 Å². The zero-order valence-corrected chi connectivity index (χ0v) is 12.3. The van der Waals surface area contributed by atoms with Crippen LogP contribution in [0.25, 0.3) is 0 Å². The van der Waals surface area contributed by atoms with Gasteiger partial charge in [-0.3, -0.25) is 0 Å². The fourth-order valence-corrected chi connectivity index (χ4v) is 2.59. The number of likely N-dealkylation sites (N-methyl/N-ethyl adjacent to an activating group) is 1. The summed E-state index contributed by atoms with van der Waals surface area (Å²) in [5.41, 5.74) is 2.09. The molecule has 0 spiro atoms. The van der Waals surface area contributed by atoms with Crippen LogP contribution in [0.2, 0.25) is 0 Å². The van der Waals surface area contributed by atoms with Crippen molar-refractivity contribution in [2.45, 2.75) is 33.3 Å². The monoisotopic (exact) mass is 263 g/mol. The predicted molar refractivity (Wildman–Crippen MR) is 78.6 cm³/mol. The van der Waals surface area contributed by atoms with E-state index in [1.165, 1.54) is 0 Å². The number of aromatic nitrogens is 1. The van der Waals surface area contributed by atoms with Crippen LogP contribution in [0.4, 0.5) is 5.82 Å². The zero-order valence-electron chi connectivity index (χ0n) is 12.3. The summed E-state index contributed by atoms with van der Waals surface area (Å²) in [5, 5.41) is 9.92. The molecule has 4 nitrogen and oxygen atoms in total. The molecule has 0 aromatic carbocycles. The quantitative estimate of drug-likeness (QED) is 0.901. The maximum absolute atomic E-state index is 9.92. The number of hydrogen-bond donors (Lipinski definition) is 1. The minimum atomic E-state index is -0.390. The molecule has 1 aliphatic heterocycles. The Labute approximate surface area is 116 Å². The van der Waals surface area contributed by atoms with Crippen LogP contribution in [0.1, 0.15) is 37.5 Å². The molecule has 1 atom stereocenters. The molecule has 0 unspecified atom stereocenters. The lowest BCUT2D eigenvalue weighted by Gasteiger charge is -2.35. The van der Waals surface area contributed by atoms with Crippen molar-refractivity contribution >= 4 is 5.82 Å². The number of pyridine rings is 1. The van der Waals surface area contributed by atoms with E-state index in [0.717, 1.165) is 56.1 Å². The number of nitrogens with zero attached hydrogens (tertiary/aromatic N) is 3. The second kappa shape index (κ2) is 6.35. The maximum Gasteiger partial charge on any atom is 0.128 e. The van der Waals surface area contributed by atoms with Gasteiger partial charge in [-0.05, 0) is 31.5 Å². The number of aryl methyl sites for hydroxylation is 1. The molecule has 1 saturated heterocycles. The van der Waals surface area contributed by atoms with Gasteiger partial charge in [-0.2, -0.15) is 0 Å². The van der Waals surface area contributed by atoms with Gasteiger partial charge in [0.1, 0.15) is 5.82 Å². The number of hydrogen-bond acceptors (Lipinski definition) is 4. The van der Waals surface area contributed by atoms with Crippen molar-refractivity contribution in [1.29, 1.82) is 0 Å². The number of piperazine rings is 1. The molecule has 1 fully saturated rings. The van der Waals surface area contributed by atoms with Crippen molar-refractivity contribution in [1.82, 2.24) is 9.88 Å². The number of anilines is 1. The van der Waals surface area contributed by atoms with Crippen molar-refractivity contribution < 1.29 is 5.11 Å². The van der Waals surface area contributed by atoms with Crippen LogP contribution in [0.3, 0.4) is 0 Å². The van der Waals surface area contributed by atoms with E-state index >= 15 is 0 Å². The lowest BCUT2D eigenvalue weighted by atomic mass is 10.0. The first kappa shape index (κ1) is 14.3. The summed E-state index contributed by atoms with van der Waals surface area (Å²) < 4.78 is 0. The van der Waals surface area contributed by atoms with Crippen molar-refractivity contribution in [2.75, 3.05) is 37.6 Å². The molecule has 1 N–H and O–H groups in total. The van der Waals surface area contributed by atoms with E-state index in [2.05, 4.69) is 34.7 Å². The van der Waals surface area contributed by atoms with E-state index in [9.17, 15) is 5.11 Å². The Morgan fingerprint density at radius 3 is 2.47 bits per heavy atom. The molecule has 0 saturated carbocycles. The molecule has 0 aliphatic carbocycles. The first-order valence-electron chi connectivity index (χ1n) is 7.27. The molecule has 2 rings (SSSR count). The molecular formula is C15H25N3O. The summed E-state index contributed by atoms with van der Waals surface area (Å²) in [5.74, 6) is 1.04. The highest BCUT2D eigenvalue weighted by Gasteiger charge is 2.18. The van der Waals surface area contributed by atoms with E-state index in [-0.39, 0.29) is 0 Å². The Morgan fingerprint density at radius 2 is 1.95 bits per heavy atom. The SMILES string of the molecule is CC[C@H](O)c1cnc(N2CCN(CC)CC2)cc1C. The highest BCUT2D eigenvalue weighted by atomic mass is 16.3. The normalized spacial score (nSPS) is 18.6. The topological polar surface area (TPSA) is 39.6 Å². The van der Waals surface area contributed by atoms with Crippen LogP contribution in [-0.2, 0) is 0 Å². The summed E-state index contributed by atoms with van der Waals surface area (Å²) in [4.78, 5) is 9.32. The van der Waals surface area contributed by atoms with Gasteiger partial charge >= 0.3 is 0 Å². The van der Waals surface area contributed by atoms with Gasteiger partial charge in [0, 0.05) is 37.9 Å². The average Bonchev–Trinajstić information content (AvgIpc) is 2.46. The third-order valence-corrected chi connectivity index (χ3v) is 4.03. The van der Waals surface area contributed by atoms with E-state index < -0.39 is 6.10 Å². The first-order chi connectivity index (χ1) is 9.15. The van der Waals surface area contributed by atoms with Gasteiger partial charge in [-0.15, -0.1) is 0 Å². The summed E-state index contributed by atoms with van der Waals surface area (Å²) >= 11 is 0. The zero-order chi connectivity index (χ0) is 13.8. The largest absolute Gasteiger partial charge is 0.388 e. The van der Waals surface area contributed by atoms with Crippen LogP contribution in [0.5, 0.6) is 0 Å². The van der Waals surface area contributed by atoms with Crippen molar-refractivity contribution in [3.05, 3.63) is 23.4 Å². The van der Waals surface area contributed by atoms with Crippen molar-refractivity contribution in [3.8, 4) is 0 Å². The van der Waals surface area contributed by atoms with Gasteiger partial charge in [0.05, 0.1) is 6.10 Å². The second-order valence-corrected chi connectivity index (χ2v) is 5.24. The molecule has 106 valence electrons. The number of rotatable bonds is 4. The molecular weight excluding hydrogens is 238 g/mol. The van der Waals surface area contributed by atoms with Crippen molar-refractivity contribution in [3.63, 3.8) is 0 Å². The van der Waals surface area contributed by atoms with Gasteiger partial charge in [0.15, 0.2) is 0 Å². The smallest absolute Gasteiger partial charge is 0.128 e. The first-order valence-corrected chi connectivity index (χ1v) is 7.27. The second-order valence-electron chi connectivity index (χ2n) is 5.24.